The van der Waals surface area contributed by atoms with Gasteiger partial charge in [0.15, 0.2) is 0 Å². The summed E-state index contributed by atoms with van der Waals surface area (Å²) in [5.74, 6) is -1.14. The minimum atomic E-state index is -0.589. The zero-order chi connectivity index (χ0) is 19.7. The van der Waals surface area contributed by atoms with Crippen LogP contribution in [0.2, 0.25) is 5.02 Å². The largest absolute Gasteiger partial charge is 0.372 e. The number of nitrogens with one attached hydrogen (secondary N) is 1. The van der Waals surface area contributed by atoms with Gasteiger partial charge in [-0.25, -0.2) is 5.01 Å². The molecule has 1 saturated heterocycles. The number of nitro benzene ring substituents is 1. The molecule has 0 radical (unpaired) electrons. The van der Waals surface area contributed by atoms with Crippen LogP contribution in [-0.2, 0) is 9.59 Å². The average molecular weight is 387 g/mol. The molecule has 2 aromatic carbocycles. The summed E-state index contributed by atoms with van der Waals surface area (Å²) in [4.78, 5) is 37.2. The summed E-state index contributed by atoms with van der Waals surface area (Å²) in [7, 11) is 3.39. The number of hydrogen-bond donors (Lipinski definition) is 1. The average Bonchev–Trinajstić information content (AvgIpc) is 2.90. The van der Waals surface area contributed by atoms with Gasteiger partial charge >= 0.3 is 0 Å². The second kappa shape index (κ2) is 7.08. The van der Waals surface area contributed by atoms with Crippen molar-refractivity contribution in [3.05, 3.63) is 68.7 Å². The highest BCUT2D eigenvalue weighted by Crippen LogP contribution is 2.29. The summed E-state index contributed by atoms with van der Waals surface area (Å²) in [5, 5.41) is 12.9. The minimum Gasteiger partial charge on any atom is -0.372 e. The molecule has 2 amide bonds. The van der Waals surface area contributed by atoms with Gasteiger partial charge in [0.25, 0.3) is 17.5 Å². The molecule has 8 nitrogen and oxygen atoms in total. The molecule has 1 N–H and O–H groups in total. The summed E-state index contributed by atoms with van der Waals surface area (Å²) in [5.41, 5.74) is 3.49. The molecular formula is C18H15ClN4O4. The highest BCUT2D eigenvalue weighted by molar-refractivity contribution is 6.32. The summed E-state index contributed by atoms with van der Waals surface area (Å²) < 4.78 is 0. The third kappa shape index (κ3) is 3.61. The number of amides is 2. The van der Waals surface area contributed by atoms with Crippen molar-refractivity contribution in [1.29, 1.82) is 0 Å². The number of benzene rings is 2. The molecule has 0 atom stereocenters. The molecular weight excluding hydrogens is 372 g/mol. The van der Waals surface area contributed by atoms with Crippen molar-refractivity contribution in [1.82, 2.24) is 5.43 Å². The van der Waals surface area contributed by atoms with Gasteiger partial charge in [-0.2, -0.15) is 0 Å². The fraction of sp³-hybridized carbons (Fsp3) is 0.111. The quantitative estimate of drug-likeness (QED) is 0.377. The number of anilines is 2. The molecule has 0 bridgehead atoms. The van der Waals surface area contributed by atoms with Crippen LogP contribution in [-0.4, -0.2) is 30.8 Å². The zero-order valence-electron chi connectivity index (χ0n) is 14.5. The first-order valence-electron chi connectivity index (χ1n) is 7.86. The highest BCUT2D eigenvalue weighted by atomic mass is 35.5. The van der Waals surface area contributed by atoms with E-state index in [-0.39, 0.29) is 11.3 Å². The van der Waals surface area contributed by atoms with Gasteiger partial charge in [0.05, 0.1) is 10.6 Å². The Labute approximate surface area is 159 Å². The number of nitro groups is 1. The van der Waals surface area contributed by atoms with Crippen molar-refractivity contribution >= 4 is 46.6 Å². The Bertz CT molecular complexity index is 970. The Morgan fingerprint density at radius 1 is 1.15 bits per heavy atom. The molecule has 0 aromatic heterocycles. The SMILES string of the molecule is CN(C)c1ccc(C=C2C(=O)NN(c3ccc(Cl)cc3)C2=O)cc1[N+](=O)[O-]. The summed E-state index contributed by atoms with van der Waals surface area (Å²) in [6, 6.07) is 10.9. The van der Waals surface area contributed by atoms with Crippen LogP contribution in [0, 0.1) is 10.1 Å². The maximum absolute atomic E-state index is 12.6. The number of nitrogens with zero attached hydrogens (tertiary/aromatic N) is 3. The van der Waals surface area contributed by atoms with Gasteiger partial charge in [0, 0.05) is 25.2 Å². The van der Waals surface area contributed by atoms with Crippen molar-refractivity contribution in [2.24, 2.45) is 0 Å². The van der Waals surface area contributed by atoms with Gasteiger partial charge in [0.2, 0.25) is 0 Å². The van der Waals surface area contributed by atoms with Crippen LogP contribution < -0.4 is 15.3 Å². The van der Waals surface area contributed by atoms with E-state index in [4.69, 9.17) is 11.6 Å². The molecule has 0 saturated carbocycles. The molecule has 138 valence electrons. The highest BCUT2D eigenvalue weighted by Gasteiger charge is 2.34. The predicted octanol–water partition coefficient (Wildman–Crippen LogP) is 2.78. The van der Waals surface area contributed by atoms with Crippen molar-refractivity contribution in [3.63, 3.8) is 0 Å². The molecule has 1 fully saturated rings. The minimum absolute atomic E-state index is 0.114. The van der Waals surface area contributed by atoms with E-state index in [1.165, 1.54) is 12.1 Å². The first-order chi connectivity index (χ1) is 12.8. The molecule has 1 heterocycles. The zero-order valence-corrected chi connectivity index (χ0v) is 15.2. The molecule has 1 aliphatic rings. The fourth-order valence-corrected chi connectivity index (χ4v) is 2.78. The Hall–Kier alpha value is -3.39. The topological polar surface area (TPSA) is 95.8 Å². The smallest absolute Gasteiger partial charge is 0.293 e. The van der Waals surface area contributed by atoms with Crippen LogP contribution in [0.1, 0.15) is 5.56 Å². The van der Waals surface area contributed by atoms with E-state index in [1.54, 1.807) is 55.4 Å². The fourth-order valence-electron chi connectivity index (χ4n) is 2.65. The normalized spacial score (nSPS) is 15.2. The Balaban J connectivity index is 1.96. The summed E-state index contributed by atoms with van der Waals surface area (Å²) in [6.07, 6.45) is 1.33. The second-order valence-corrected chi connectivity index (χ2v) is 6.45. The molecule has 2 aromatic rings. The molecule has 1 aliphatic heterocycles. The number of rotatable bonds is 4. The lowest BCUT2D eigenvalue weighted by atomic mass is 10.1. The monoisotopic (exact) mass is 386 g/mol. The van der Waals surface area contributed by atoms with Crippen molar-refractivity contribution in [3.8, 4) is 0 Å². The van der Waals surface area contributed by atoms with E-state index in [2.05, 4.69) is 5.43 Å². The third-order valence-corrected chi connectivity index (χ3v) is 4.22. The van der Waals surface area contributed by atoms with Crippen LogP contribution in [0.15, 0.2) is 48.0 Å². The molecule has 27 heavy (non-hydrogen) atoms. The summed E-state index contributed by atoms with van der Waals surface area (Å²) in [6.45, 7) is 0. The molecule has 0 unspecified atom stereocenters. The Morgan fingerprint density at radius 3 is 2.41 bits per heavy atom. The maximum atomic E-state index is 12.6. The van der Waals surface area contributed by atoms with E-state index in [0.29, 0.717) is 22.0 Å². The van der Waals surface area contributed by atoms with E-state index in [0.717, 1.165) is 5.01 Å². The predicted molar refractivity (Wildman–Crippen MR) is 102 cm³/mol. The maximum Gasteiger partial charge on any atom is 0.293 e. The molecule has 0 spiro atoms. The molecule has 9 heteroatoms. The lowest BCUT2D eigenvalue weighted by molar-refractivity contribution is -0.384. The van der Waals surface area contributed by atoms with E-state index >= 15 is 0 Å². The van der Waals surface area contributed by atoms with Gasteiger partial charge in [-0.1, -0.05) is 17.7 Å². The Morgan fingerprint density at radius 2 is 1.81 bits per heavy atom. The van der Waals surface area contributed by atoms with Gasteiger partial charge < -0.3 is 4.90 Å². The van der Waals surface area contributed by atoms with Crippen molar-refractivity contribution < 1.29 is 14.5 Å². The van der Waals surface area contributed by atoms with E-state index in [1.807, 2.05) is 0 Å². The summed E-state index contributed by atoms with van der Waals surface area (Å²) >= 11 is 5.83. The molecule has 3 rings (SSSR count). The number of carbonyl (C=O) groups excluding carboxylic acids is 2. The Kier molecular flexibility index (Phi) is 4.83. The number of hydrogen-bond acceptors (Lipinski definition) is 5. The number of carbonyl (C=O) groups is 2. The second-order valence-electron chi connectivity index (χ2n) is 6.02. The first-order valence-corrected chi connectivity index (χ1v) is 8.24. The molecule has 0 aliphatic carbocycles. The first kappa shape index (κ1) is 18.4. The van der Waals surface area contributed by atoms with Gasteiger partial charge in [-0.15, -0.1) is 0 Å². The number of halogens is 1. The third-order valence-electron chi connectivity index (χ3n) is 3.97. The van der Waals surface area contributed by atoms with E-state index in [9.17, 15) is 19.7 Å². The van der Waals surface area contributed by atoms with Crippen LogP contribution in [0.3, 0.4) is 0 Å². The van der Waals surface area contributed by atoms with E-state index < -0.39 is 16.7 Å². The van der Waals surface area contributed by atoms with Gasteiger partial charge in [0.1, 0.15) is 11.3 Å². The van der Waals surface area contributed by atoms with Gasteiger partial charge in [-0.3, -0.25) is 25.1 Å². The van der Waals surface area contributed by atoms with Gasteiger partial charge in [-0.05, 0) is 42.0 Å². The van der Waals surface area contributed by atoms with Crippen LogP contribution in [0.25, 0.3) is 6.08 Å². The van der Waals surface area contributed by atoms with Crippen LogP contribution in [0.4, 0.5) is 17.1 Å². The van der Waals surface area contributed by atoms with Crippen molar-refractivity contribution in [2.45, 2.75) is 0 Å². The lowest BCUT2D eigenvalue weighted by Crippen LogP contribution is -2.35. The number of hydrazine groups is 1. The van der Waals surface area contributed by atoms with Crippen molar-refractivity contribution in [2.75, 3.05) is 24.0 Å². The lowest BCUT2D eigenvalue weighted by Gasteiger charge is -2.14. The van der Waals surface area contributed by atoms with Crippen LogP contribution >= 0.6 is 11.6 Å². The standard InChI is InChI=1S/C18H15ClN4O4/c1-21(2)15-8-3-11(10-16(15)23(26)27)9-14-17(24)20-22(18(14)25)13-6-4-12(19)5-7-13/h3-10H,1-2H3,(H,20,24). The van der Waals surface area contributed by atoms with Crippen LogP contribution in [0.5, 0.6) is 0 Å².